The van der Waals surface area contributed by atoms with Crippen molar-refractivity contribution >= 4 is 34.9 Å². The molecule has 0 spiro atoms. The normalized spacial score (nSPS) is 26.0. The number of thiazole rings is 1. The molecular formula is C12H10ClNO4S. The summed E-state index contributed by atoms with van der Waals surface area (Å²) < 4.78 is 0.225. The average molecular weight is 300 g/mol. The van der Waals surface area contributed by atoms with Crippen LogP contribution in [0.15, 0.2) is 30.0 Å². The van der Waals surface area contributed by atoms with Gasteiger partial charge in [-0.1, -0.05) is 36.8 Å². The average Bonchev–Trinajstić information content (AvgIpc) is 2.75. The van der Waals surface area contributed by atoms with Gasteiger partial charge in [0.1, 0.15) is 5.41 Å². The van der Waals surface area contributed by atoms with E-state index in [4.69, 9.17) is 16.7 Å². The lowest BCUT2D eigenvalue weighted by molar-refractivity contribution is -0.143. The number of rotatable bonds is 3. The smallest absolute Gasteiger partial charge is 0.331 e. The van der Waals surface area contributed by atoms with Crippen molar-refractivity contribution in [2.45, 2.75) is 12.3 Å². The Kier molecular flexibility index (Phi) is 3.47. The van der Waals surface area contributed by atoms with Crippen LogP contribution in [-0.2, 0) is 15.0 Å². The molecule has 0 aromatic carbocycles. The Morgan fingerprint density at radius 3 is 2.63 bits per heavy atom. The number of carboxylic acids is 2. The van der Waals surface area contributed by atoms with Gasteiger partial charge in [0.2, 0.25) is 0 Å². The van der Waals surface area contributed by atoms with Gasteiger partial charge >= 0.3 is 11.9 Å². The number of halogens is 1. The molecule has 1 aliphatic rings. The highest BCUT2D eigenvalue weighted by atomic mass is 35.5. The molecule has 0 aliphatic heterocycles. The maximum Gasteiger partial charge on any atom is 0.331 e. The van der Waals surface area contributed by atoms with E-state index in [1.807, 2.05) is 0 Å². The van der Waals surface area contributed by atoms with Crippen LogP contribution in [-0.4, -0.2) is 27.1 Å². The quantitative estimate of drug-likeness (QED) is 0.894. The van der Waals surface area contributed by atoms with Crippen molar-refractivity contribution in [3.05, 3.63) is 39.3 Å². The lowest BCUT2D eigenvalue weighted by Gasteiger charge is -2.33. The van der Waals surface area contributed by atoms with Gasteiger partial charge in [0.05, 0.1) is 0 Å². The minimum Gasteiger partial charge on any atom is -0.480 e. The van der Waals surface area contributed by atoms with Gasteiger partial charge in [0.15, 0.2) is 4.47 Å². The summed E-state index contributed by atoms with van der Waals surface area (Å²) in [6.45, 7) is 1.57. The Morgan fingerprint density at radius 2 is 2.16 bits per heavy atom. The molecule has 2 N–H and O–H groups in total. The number of aliphatic carboxylic acids is 2. The van der Waals surface area contributed by atoms with E-state index in [9.17, 15) is 14.7 Å². The summed E-state index contributed by atoms with van der Waals surface area (Å²) in [6.07, 6.45) is 5.73. The molecule has 0 radical (unpaired) electrons. The third kappa shape index (κ3) is 2.06. The lowest BCUT2D eigenvalue weighted by atomic mass is 9.69. The molecule has 0 fully saturated rings. The molecule has 2 atom stereocenters. The van der Waals surface area contributed by atoms with Gasteiger partial charge in [-0.15, -0.1) is 11.3 Å². The topological polar surface area (TPSA) is 87.5 Å². The molecule has 100 valence electrons. The molecule has 1 heterocycles. The number of nitrogens with zero attached hydrogens (tertiary/aromatic N) is 1. The first-order valence-electron chi connectivity index (χ1n) is 5.37. The van der Waals surface area contributed by atoms with Crippen molar-refractivity contribution in [3.63, 3.8) is 0 Å². The fourth-order valence-electron chi connectivity index (χ4n) is 2.20. The third-order valence-electron chi connectivity index (χ3n) is 3.27. The van der Waals surface area contributed by atoms with E-state index in [1.54, 1.807) is 6.92 Å². The van der Waals surface area contributed by atoms with Crippen molar-refractivity contribution in [1.29, 1.82) is 0 Å². The highest BCUT2D eigenvalue weighted by molar-refractivity contribution is 7.16. The monoisotopic (exact) mass is 299 g/mol. The Labute approximate surface area is 117 Å². The van der Waals surface area contributed by atoms with Gasteiger partial charge in [-0.3, -0.25) is 4.79 Å². The first kappa shape index (κ1) is 13.8. The molecule has 0 saturated heterocycles. The summed E-state index contributed by atoms with van der Waals surface area (Å²) in [7, 11) is 0. The van der Waals surface area contributed by atoms with E-state index >= 15 is 0 Å². The second kappa shape index (κ2) is 4.79. The largest absolute Gasteiger partial charge is 0.480 e. The number of carboxylic acid groups (broad SMARTS) is 2. The van der Waals surface area contributed by atoms with Crippen LogP contribution in [0.4, 0.5) is 0 Å². The predicted molar refractivity (Wildman–Crippen MR) is 70.5 cm³/mol. The van der Waals surface area contributed by atoms with E-state index in [1.165, 1.54) is 24.4 Å². The molecule has 5 nitrogen and oxygen atoms in total. The summed E-state index contributed by atoms with van der Waals surface area (Å²) in [5.74, 6) is -2.97. The van der Waals surface area contributed by atoms with Crippen LogP contribution in [0.2, 0.25) is 4.47 Å². The highest BCUT2D eigenvalue weighted by Gasteiger charge is 2.48. The van der Waals surface area contributed by atoms with E-state index in [0.717, 1.165) is 11.3 Å². The molecule has 2 unspecified atom stereocenters. The first-order chi connectivity index (χ1) is 8.89. The zero-order valence-corrected chi connectivity index (χ0v) is 11.4. The molecule has 1 aromatic rings. The van der Waals surface area contributed by atoms with Gasteiger partial charge < -0.3 is 10.2 Å². The molecule has 7 heteroatoms. The molecular weight excluding hydrogens is 290 g/mol. The zero-order valence-electron chi connectivity index (χ0n) is 9.83. The van der Waals surface area contributed by atoms with Crippen molar-refractivity contribution in [2.75, 3.05) is 0 Å². The maximum absolute atomic E-state index is 11.7. The van der Waals surface area contributed by atoms with Gasteiger partial charge in [0, 0.05) is 22.6 Å². The fourth-order valence-corrected chi connectivity index (χ4v) is 3.39. The van der Waals surface area contributed by atoms with Crippen LogP contribution in [0.25, 0.3) is 0 Å². The lowest BCUT2D eigenvalue weighted by Crippen LogP contribution is -2.42. The van der Waals surface area contributed by atoms with E-state index in [0.29, 0.717) is 4.88 Å². The summed E-state index contributed by atoms with van der Waals surface area (Å²) >= 11 is 6.79. The molecule has 1 aliphatic carbocycles. The molecule has 19 heavy (non-hydrogen) atoms. The van der Waals surface area contributed by atoms with E-state index in [2.05, 4.69) is 4.98 Å². The van der Waals surface area contributed by atoms with E-state index in [-0.39, 0.29) is 10.0 Å². The van der Waals surface area contributed by atoms with Gasteiger partial charge in [-0.2, -0.15) is 0 Å². The SMILES string of the molecule is CC1C(C(=O)O)=CC=CC1(C(=O)O)c1cnc(Cl)s1. The number of carbonyl (C=O) groups is 2. The number of aromatic nitrogens is 1. The third-order valence-corrected chi connectivity index (χ3v) is 4.54. The predicted octanol–water partition coefficient (Wildman–Crippen LogP) is 2.34. The van der Waals surface area contributed by atoms with Crippen LogP contribution in [0, 0.1) is 5.92 Å². The van der Waals surface area contributed by atoms with Crippen molar-refractivity contribution in [1.82, 2.24) is 4.98 Å². The molecule has 0 saturated carbocycles. The maximum atomic E-state index is 11.7. The highest BCUT2D eigenvalue weighted by Crippen LogP contribution is 2.43. The summed E-state index contributed by atoms with van der Waals surface area (Å²) in [5.41, 5.74) is -1.39. The van der Waals surface area contributed by atoms with Crippen LogP contribution in [0.1, 0.15) is 11.8 Å². The Bertz CT molecular complexity index is 607. The molecule has 1 aromatic heterocycles. The summed E-state index contributed by atoms with van der Waals surface area (Å²) in [4.78, 5) is 27.2. The van der Waals surface area contributed by atoms with Crippen LogP contribution < -0.4 is 0 Å². The number of hydrogen-bond donors (Lipinski definition) is 2. The Morgan fingerprint density at radius 1 is 1.47 bits per heavy atom. The van der Waals surface area contributed by atoms with Gasteiger partial charge in [0.25, 0.3) is 0 Å². The summed E-state index contributed by atoms with van der Waals surface area (Å²) in [5, 5.41) is 18.7. The second-order valence-electron chi connectivity index (χ2n) is 4.16. The van der Waals surface area contributed by atoms with Crippen LogP contribution >= 0.6 is 22.9 Å². The second-order valence-corrected chi connectivity index (χ2v) is 5.77. The van der Waals surface area contributed by atoms with Crippen molar-refractivity contribution in [3.8, 4) is 0 Å². The van der Waals surface area contributed by atoms with Crippen molar-refractivity contribution in [2.24, 2.45) is 5.92 Å². The summed E-state index contributed by atoms with van der Waals surface area (Å²) in [6, 6.07) is 0. The van der Waals surface area contributed by atoms with Crippen LogP contribution in [0.3, 0.4) is 0 Å². The number of allylic oxidation sites excluding steroid dienone is 2. The number of hydrogen-bond acceptors (Lipinski definition) is 4. The van der Waals surface area contributed by atoms with E-state index < -0.39 is 23.3 Å². The Balaban J connectivity index is 2.60. The van der Waals surface area contributed by atoms with Crippen LogP contribution in [0.5, 0.6) is 0 Å². The molecule has 0 bridgehead atoms. The Hall–Kier alpha value is -1.66. The molecule has 2 rings (SSSR count). The first-order valence-corrected chi connectivity index (χ1v) is 6.57. The van der Waals surface area contributed by atoms with Gasteiger partial charge in [-0.25, -0.2) is 9.78 Å². The van der Waals surface area contributed by atoms with Gasteiger partial charge in [-0.05, 0) is 0 Å². The minimum absolute atomic E-state index is 0.0504. The minimum atomic E-state index is -1.44. The molecule has 0 amide bonds. The van der Waals surface area contributed by atoms with Crippen molar-refractivity contribution < 1.29 is 19.8 Å². The standard InChI is InChI=1S/C12H10ClNO4S/c1-6-7(9(15)16)3-2-4-12(6,10(17)18)8-5-14-11(13)19-8/h2-6H,1H3,(H,15,16)(H,17,18). The zero-order chi connectivity index (χ0) is 14.2. The fraction of sp³-hybridized carbons (Fsp3) is 0.250.